The third kappa shape index (κ3) is 2.87. The van der Waals surface area contributed by atoms with Gasteiger partial charge in [0.1, 0.15) is 17.1 Å². The van der Waals surface area contributed by atoms with E-state index in [-0.39, 0.29) is 18.1 Å². The molecule has 0 unspecified atom stereocenters. The Morgan fingerprint density at radius 3 is 3.12 bits per heavy atom. The third-order valence-electron chi connectivity index (χ3n) is 5.32. The number of carbonyl (C=O) groups is 1. The zero-order valence-electron chi connectivity index (χ0n) is 14.7. The quantitative estimate of drug-likeness (QED) is 0.839. The van der Waals surface area contributed by atoms with Crippen LogP contribution in [0.3, 0.4) is 0 Å². The molecule has 25 heavy (non-hydrogen) atoms. The van der Waals surface area contributed by atoms with Crippen molar-refractivity contribution in [2.45, 2.75) is 25.5 Å². The van der Waals surface area contributed by atoms with Crippen LogP contribution in [0, 0.1) is 0 Å². The summed E-state index contributed by atoms with van der Waals surface area (Å²) in [4.78, 5) is 22.0. The molecule has 2 atom stereocenters. The number of piperidine rings is 1. The van der Waals surface area contributed by atoms with Crippen molar-refractivity contribution in [1.82, 2.24) is 19.2 Å². The Hall–Kier alpha value is -2.12. The average molecular weight is 344 g/mol. The highest BCUT2D eigenvalue weighted by Gasteiger charge is 2.39. The monoisotopic (exact) mass is 344 g/mol. The summed E-state index contributed by atoms with van der Waals surface area (Å²) in [5.41, 5.74) is 1.30. The maximum absolute atomic E-state index is 13.2. The summed E-state index contributed by atoms with van der Waals surface area (Å²) < 4.78 is 13.0. The molecule has 1 amide bonds. The Kier molecular flexibility index (Phi) is 4.35. The van der Waals surface area contributed by atoms with Gasteiger partial charge in [-0.15, -0.1) is 0 Å². The summed E-state index contributed by atoms with van der Waals surface area (Å²) in [5.74, 6) is 0.753. The molecule has 2 saturated heterocycles. The minimum atomic E-state index is 0.0221. The van der Waals surface area contributed by atoms with Crippen molar-refractivity contribution in [3.63, 3.8) is 0 Å². The molecule has 0 aromatic carbocycles. The van der Waals surface area contributed by atoms with Gasteiger partial charge in [-0.05, 0) is 19.0 Å². The van der Waals surface area contributed by atoms with E-state index < -0.39 is 0 Å². The van der Waals surface area contributed by atoms with Gasteiger partial charge < -0.3 is 19.3 Å². The van der Waals surface area contributed by atoms with Gasteiger partial charge >= 0.3 is 0 Å². The molecular formula is C18H24N4O3. The SMILES string of the molecule is CCN1CC[C@H]2OCCN(C(=O)c3cnc4cc(OC)ccn34)[C@H]2C1. The Labute approximate surface area is 147 Å². The number of ether oxygens (including phenoxy) is 2. The number of hydrogen-bond acceptors (Lipinski definition) is 5. The predicted molar refractivity (Wildman–Crippen MR) is 93.0 cm³/mol. The lowest BCUT2D eigenvalue weighted by atomic mass is 9.98. The molecule has 134 valence electrons. The van der Waals surface area contributed by atoms with Crippen LogP contribution in [0.15, 0.2) is 24.5 Å². The summed E-state index contributed by atoms with van der Waals surface area (Å²) in [6.45, 7) is 6.30. The summed E-state index contributed by atoms with van der Waals surface area (Å²) in [6.07, 6.45) is 4.61. The first-order valence-corrected chi connectivity index (χ1v) is 8.87. The fraction of sp³-hybridized carbons (Fsp3) is 0.556. The Bertz CT molecular complexity index is 775. The van der Waals surface area contributed by atoms with E-state index in [0.29, 0.717) is 24.5 Å². The number of pyridine rings is 1. The van der Waals surface area contributed by atoms with E-state index in [1.54, 1.807) is 13.3 Å². The highest BCUT2D eigenvalue weighted by molar-refractivity contribution is 5.93. The Morgan fingerprint density at radius 1 is 1.44 bits per heavy atom. The van der Waals surface area contributed by atoms with Crippen molar-refractivity contribution >= 4 is 11.6 Å². The van der Waals surface area contributed by atoms with Crippen molar-refractivity contribution < 1.29 is 14.3 Å². The Balaban J connectivity index is 1.63. The van der Waals surface area contributed by atoms with Crippen LogP contribution in [-0.4, -0.2) is 77.1 Å². The van der Waals surface area contributed by atoms with Gasteiger partial charge in [-0.2, -0.15) is 0 Å². The molecule has 7 heteroatoms. The first kappa shape index (κ1) is 16.4. The van der Waals surface area contributed by atoms with Gasteiger partial charge in [0, 0.05) is 31.9 Å². The van der Waals surface area contributed by atoms with Gasteiger partial charge in [0.2, 0.25) is 0 Å². The van der Waals surface area contributed by atoms with E-state index in [9.17, 15) is 4.79 Å². The minimum Gasteiger partial charge on any atom is -0.497 e. The van der Waals surface area contributed by atoms with Crippen molar-refractivity contribution in [2.75, 3.05) is 39.9 Å². The van der Waals surface area contributed by atoms with Crippen LogP contribution in [0.1, 0.15) is 23.8 Å². The highest BCUT2D eigenvalue weighted by atomic mass is 16.5. The zero-order valence-corrected chi connectivity index (χ0v) is 14.7. The number of hydrogen-bond donors (Lipinski definition) is 0. The van der Waals surface area contributed by atoms with Crippen LogP contribution in [0.4, 0.5) is 0 Å². The minimum absolute atomic E-state index is 0.0221. The highest BCUT2D eigenvalue weighted by Crippen LogP contribution is 2.25. The number of methoxy groups -OCH3 is 1. The molecule has 2 aromatic heterocycles. The number of morpholine rings is 1. The van der Waals surface area contributed by atoms with Gasteiger partial charge in [-0.25, -0.2) is 4.98 Å². The number of amides is 1. The molecule has 0 radical (unpaired) electrons. The third-order valence-corrected chi connectivity index (χ3v) is 5.32. The molecule has 0 bridgehead atoms. The van der Waals surface area contributed by atoms with Gasteiger partial charge in [-0.3, -0.25) is 9.20 Å². The summed E-state index contributed by atoms with van der Waals surface area (Å²) in [7, 11) is 1.62. The molecule has 4 heterocycles. The van der Waals surface area contributed by atoms with Crippen molar-refractivity contribution in [1.29, 1.82) is 0 Å². The fourth-order valence-electron chi connectivity index (χ4n) is 3.87. The maximum Gasteiger partial charge on any atom is 0.272 e. The molecular weight excluding hydrogens is 320 g/mol. The van der Waals surface area contributed by atoms with E-state index >= 15 is 0 Å². The molecule has 2 aromatic rings. The van der Waals surface area contributed by atoms with Gasteiger partial charge in [-0.1, -0.05) is 6.92 Å². The van der Waals surface area contributed by atoms with E-state index in [2.05, 4.69) is 16.8 Å². The number of likely N-dealkylation sites (N-methyl/N-ethyl adjacent to an activating group) is 1. The van der Waals surface area contributed by atoms with Crippen LogP contribution < -0.4 is 4.74 Å². The van der Waals surface area contributed by atoms with Crippen LogP contribution in [-0.2, 0) is 4.74 Å². The molecule has 2 aliphatic heterocycles. The largest absolute Gasteiger partial charge is 0.497 e. The van der Waals surface area contributed by atoms with Gasteiger partial charge in [0.05, 0.1) is 32.1 Å². The van der Waals surface area contributed by atoms with Crippen LogP contribution in [0.25, 0.3) is 5.65 Å². The van der Waals surface area contributed by atoms with Crippen molar-refractivity contribution in [3.05, 3.63) is 30.2 Å². The van der Waals surface area contributed by atoms with Crippen LogP contribution >= 0.6 is 0 Å². The molecule has 0 spiro atoms. The lowest BCUT2D eigenvalue weighted by Gasteiger charge is -2.46. The van der Waals surface area contributed by atoms with E-state index in [1.165, 1.54) is 0 Å². The lowest BCUT2D eigenvalue weighted by molar-refractivity contribution is -0.0897. The Morgan fingerprint density at radius 2 is 2.32 bits per heavy atom. The average Bonchev–Trinajstić information content (AvgIpc) is 3.09. The molecule has 0 aliphatic carbocycles. The number of aromatic nitrogens is 2. The summed E-state index contributed by atoms with van der Waals surface area (Å²) >= 11 is 0. The number of likely N-dealkylation sites (tertiary alicyclic amines) is 1. The standard InChI is InChI=1S/C18H24N4O3/c1-3-20-6-5-16-15(12-20)22(8-9-25-16)18(23)14-11-19-17-10-13(24-2)4-7-21(14)17/h4,7,10-11,15-16H,3,5-6,8-9,12H2,1-2H3/t15-,16+/m0/s1. The molecule has 4 rings (SSSR count). The summed E-state index contributed by atoms with van der Waals surface area (Å²) in [5, 5.41) is 0. The first-order chi connectivity index (χ1) is 12.2. The van der Waals surface area contributed by atoms with E-state index in [4.69, 9.17) is 9.47 Å². The second-order valence-electron chi connectivity index (χ2n) is 6.60. The topological polar surface area (TPSA) is 59.3 Å². The number of carbonyl (C=O) groups excluding carboxylic acids is 1. The predicted octanol–water partition coefficient (Wildman–Crippen LogP) is 1.28. The number of imidazole rings is 1. The first-order valence-electron chi connectivity index (χ1n) is 8.87. The van der Waals surface area contributed by atoms with E-state index in [1.807, 2.05) is 27.6 Å². The molecule has 2 fully saturated rings. The van der Waals surface area contributed by atoms with Gasteiger partial charge in [0.15, 0.2) is 0 Å². The van der Waals surface area contributed by atoms with Crippen LogP contribution in [0.5, 0.6) is 5.75 Å². The summed E-state index contributed by atoms with van der Waals surface area (Å²) in [6, 6.07) is 3.78. The van der Waals surface area contributed by atoms with E-state index in [0.717, 1.165) is 31.8 Å². The second kappa shape index (κ2) is 6.65. The molecule has 0 saturated carbocycles. The smallest absolute Gasteiger partial charge is 0.272 e. The normalized spacial score (nSPS) is 24.3. The molecule has 0 N–H and O–H groups in total. The van der Waals surface area contributed by atoms with Crippen LogP contribution in [0.2, 0.25) is 0 Å². The fourth-order valence-corrected chi connectivity index (χ4v) is 3.87. The number of fused-ring (bicyclic) bond motifs is 2. The maximum atomic E-state index is 13.2. The van der Waals surface area contributed by atoms with Gasteiger partial charge in [0.25, 0.3) is 5.91 Å². The molecule has 7 nitrogen and oxygen atoms in total. The van der Waals surface area contributed by atoms with Crippen molar-refractivity contribution in [2.24, 2.45) is 0 Å². The number of nitrogens with zero attached hydrogens (tertiary/aromatic N) is 4. The lowest BCUT2D eigenvalue weighted by Crippen LogP contribution is -2.61. The molecule has 2 aliphatic rings. The second-order valence-corrected chi connectivity index (χ2v) is 6.60. The zero-order chi connectivity index (χ0) is 17.4. The number of rotatable bonds is 3. The van der Waals surface area contributed by atoms with Crippen molar-refractivity contribution in [3.8, 4) is 5.75 Å².